The van der Waals surface area contributed by atoms with E-state index in [4.69, 9.17) is 11.6 Å². The SMILES string of the molecule is Cc1ccc(/C=C/C(=O)NNC(=O)c2sc3ccccc3c2Cl)cc1. The number of amides is 2. The summed E-state index contributed by atoms with van der Waals surface area (Å²) in [6.07, 6.45) is 3.03. The van der Waals surface area contributed by atoms with Gasteiger partial charge in [-0.2, -0.15) is 0 Å². The minimum atomic E-state index is -0.441. The number of aryl methyl sites for hydroxylation is 1. The average molecular weight is 371 g/mol. The maximum Gasteiger partial charge on any atom is 0.281 e. The van der Waals surface area contributed by atoms with E-state index in [1.54, 1.807) is 6.08 Å². The van der Waals surface area contributed by atoms with E-state index in [-0.39, 0.29) is 0 Å². The third-order valence-electron chi connectivity index (χ3n) is 3.54. The molecule has 4 nitrogen and oxygen atoms in total. The molecule has 2 aromatic carbocycles. The number of carbonyl (C=O) groups excluding carboxylic acids is 2. The van der Waals surface area contributed by atoms with E-state index in [1.807, 2.05) is 55.5 Å². The van der Waals surface area contributed by atoms with Gasteiger partial charge in [-0.25, -0.2) is 0 Å². The van der Waals surface area contributed by atoms with Crippen molar-refractivity contribution in [1.29, 1.82) is 0 Å². The molecule has 25 heavy (non-hydrogen) atoms. The fourth-order valence-electron chi connectivity index (χ4n) is 2.23. The maximum atomic E-state index is 12.2. The molecule has 3 rings (SSSR count). The van der Waals surface area contributed by atoms with Crippen molar-refractivity contribution in [3.63, 3.8) is 0 Å². The van der Waals surface area contributed by atoms with Crippen LogP contribution in [0.1, 0.15) is 20.8 Å². The molecule has 0 atom stereocenters. The largest absolute Gasteiger partial charge is 0.281 e. The monoisotopic (exact) mass is 370 g/mol. The molecule has 0 saturated heterocycles. The minimum Gasteiger partial charge on any atom is -0.268 e. The highest BCUT2D eigenvalue weighted by molar-refractivity contribution is 7.21. The van der Waals surface area contributed by atoms with E-state index in [0.717, 1.165) is 21.2 Å². The first-order valence-electron chi connectivity index (χ1n) is 7.56. The Balaban J connectivity index is 1.62. The van der Waals surface area contributed by atoms with Crippen molar-refractivity contribution in [3.8, 4) is 0 Å². The Kier molecular flexibility index (Phi) is 5.16. The topological polar surface area (TPSA) is 58.2 Å². The van der Waals surface area contributed by atoms with Crippen LogP contribution in [0.4, 0.5) is 0 Å². The summed E-state index contributed by atoms with van der Waals surface area (Å²) >= 11 is 7.53. The summed E-state index contributed by atoms with van der Waals surface area (Å²) in [4.78, 5) is 24.4. The van der Waals surface area contributed by atoms with E-state index < -0.39 is 11.8 Å². The lowest BCUT2D eigenvalue weighted by Crippen LogP contribution is -2.40. The van der Waals surface area contributed by atoms with Gasteiger partial charge < -0.3 is 0 Å². The normalized spacial score (nSPS) is 11.0. The Hall–Kier alpha value is -2.63. The third-order valence-corrected chi connectivity index (χ3v) is 5.22. The van der Waals surface area contributed by atoms with Crippen molar-refractivity contribution in [3.05, 3.63) is 75.6 Å². The summed E-state index contributed by atoms with van der Waals surface area (Å²) in [5.74, 6) is -0.866. The first kappa shape index (κ1) is 17.2. The molecule has 3 aromatic rings. The summed E-state index contributed by atoms with van der Waals surface area (Å²) in [5, 5.41) is 1.22. The second kappa shape index (κ2) is 7.51. The number of benzene rings is 2. The summed E-state index contributed by atoms with van der Waals surface area (Å²) in [5.41, 5.74) is 6.79. The quantitative estimate of drug-likeness (QED) is 0.532. The number of hydrazine groups is 1. The standard InChI is InChI=1S/C19H15ClN2O2S/c1-12-6-8-13(9-7-12)10-11-16(23)21-22-19(24)18-17(20)14-4-2-3-5-15(14)25-18/h2-11H,1H3,(H,21,23)(H,22,24)/b11-10+. The Morgan fingerprint density at radius 2 is 1.76 bits per heavy atom. The molecule has 0 unspecified atom stereocenters. The van der Waals surface area contributed by atoms with Gasteiger partial charge in [0.2, 0.25) is 0 Å². The van der Waals surface area contributed by atoms with Crippen LogP contribution in [0.2, 0.25) is 5.02 Å². The number of hydrogen-bond acceptors (Lipinski definition) is 3. The molecule has 2 N–H and O–H groups in total. The molecular weight excluding hydrogens is 356 g/mol. The Morgan fingerprint density at radius 1 is 1.04 bits per heavy atom. The Bertz CT molecular complexity index is 961. The number of carbonyl (C=O) groups is 2. The van der Waals surface area contributed by atoms with Crippen LogP contribution >= 0.6 is 22.9 Å². The smallest absolute Gasteiger partial charge is 0.268 e. The second-order valence-corrected chi connectivity index (χ2v) is 6.86. The van der Waals surface area contributed by atoms with Gasteiger partial charge in [0.1, 0.15) is 4.88 Å². The van der Waals surface area contributed by atoms with Crippen LogP contribution in [0.3, 0.4) is 0 Å². The first-order valence-corrected chi connectivity index (χ1v) is 8.76. The van der Waals surface area contributed by atoms with Crippen LogP contribution in [-0.2, 0) is 4.79 Å². The van der Waals surface area contributed by atoms with Crippen molar-refractivity contribution in [2.45, 2.75) is 6.92 Å². The van der Waals surface area contributed by atoms with Gasteiger partial charge in [-0.15, -0.1) is 11.3 Å². The van der Waals surface area contributed by atoms with Crippen molar-refractivity contribution >= 4 is 50.9 Å². The number of thiophene rings is 1. The van der Waals surface area contributed by atoms with Crippen LogP contribution < -0.4 is 10.9 Å². The zero-order valence-corrected chi connectivity index (χ0v) is 14.9. The average Bonchev–Trinajstić information content (AvgIpc) is 2.96. The summed E-state index contributed by atoms with van der Waals surface area (Å²) < 4.78 is 0.920. The number of rotatable bonds is 3. The van der Waals surface area contributed by atoms with Gasteiger partial charge in [0.15, 0.2) is 0 Å². The summed E-state index contributed by atoms with van der Waals surface area (Å²) in [7, 11) is 0. The highest BCUT2D eigenvalue weighted by Crippen LogP contribution is 2.34. The predicted octanol–water partition coefficient (Wildman–Crippen LogP) is 4.34. The molecule has 0 bridgehead atoms. The lowest BCUT2D eigenvalue weighted by atomic mass is 10.1. The van der Waals surface area contributed by atoms with Crippen LogP contribution in [0.15, 0.2) is 54.6 Å². The number of fused-ring (bicyclic) bond motifs is 1. The van der Waals surface area contributed by atoms with Gasteiger partial charge in [0.05, 0.1) is 5.02 Å². The molecule has 0 aliphatic heterocycles. The van der Waals surface area contributed by atoms with Crippen LogP contribution in [0.5, 0.6) is 0 Å². The molecule has 2 amide bonds. The van der Waals surface area contributed by atoms with E-state index in [1.165, 1.54) is 17.4 Å². The van der Waals surface area contributed by atoms with E-state index >= 15 is 0 Å². The zero-order chi connectivity index (χ0) is 17.8. The maximum absolute atomic E-state index is 12.2. The highest BCUT2D eigenvalue weighted by Gasteiger charge is 2.16. The van der Waals surface area contributed by atoms with Gasteiger partial charge in [-0.3, -0.25) is 20.4 Å². The van der Waals surface area contributed by atoms with Crippen LogP contribution in [-0.4, -0.2) is 11.8 Å². The van der Waals surface area contributed by atoms with Crippen molar-refractivity contribution in [1.82, 2.24) is 10.9 Å². The molecule has 1 heterocycles. The Labute approximate surface area is 154 Å². The van der Waals surface area contributed by atoms with Gasteiger partial charge in [-0.1, -0.05) is 59.6 Å². The number of halogens is 1. The molecule has 1 aromatic heterocycles. The fraction of sp³-hybridized carbons (Fsp3) is 0.0526. The van der Waals surface area contributed by atoms with Crippen LogP contribution in [0.25, 0.3) is 16.2 Å². The molecular formula is C19H15ClN2O2S. The second-order valence-electron chi connectivity index (χ2n) is 5.43. The molecule has 6 heteroatoms. The lowest BCUT2D eigenvalue weighted by molar-refractivity contribution is -0.117. The molecule has 0 radical (unpaired) electrons. The molecule has 0 spiro atoms. The summed E-state index contributed by atoms with van der Waals surface area (Å²) in [6, 6.07) is 15.2. The predicted molar refractivity (Wildman–Crippen MR) is 103 cm³/mol. The fourth-order valence-corrected chi connectivity index (χ4v) is 3.64. The minimum absolute atomic E-state index is 0.366. The Morgan fingerprint density at radius 3 is 2.48 bits per heavy atom. The van der Waals surface area contributed by atoms with Crippen molar-refractivity contribution in [2.24, 2.45) is 0 Å². The van der Waals surface area contributed by atoms with E-state index in [0.29, 0.717) is 9.90 Å². The number of hydrogen-bond donors (Lipinski definition) is 2. The van der Waals surface area contributed by atoms with E-state index in [9.17, 15) is 9.59 Å². The van der Waals surface area contributed by atoms with Crippen LogP contribution in [0, 0.1) is 6.92 Å². The molecule has 0 saturated carbocycles. The van der Waals surface area contributed by atoms with Gasteiger partial charge >= 0.3 is 0 Å². The third kappa shape index (κ3) is 4.07. The molecule has 0 aliphatic rings. The van der Waals surface area contributed by atoms with Crippen molar-refractivity contribution < 1.29 is 9.59 Å². The molecule has 0 aliphatic carbocycles. The lowest BCUT2D eigenvalue weighted by Gasteiger charge is -2.04. The number of nitrogens with one attached hydrogen (secondary N) is 2. The first-order chi connectivity index (χ1) is 12.0. The highest BCUT2D eigenvalue weighted by atomic mass is 35.5. The molecule has 126 valence electrons. The van der Waals surface area contributed by atoms with Gasteiger partial charge in [0, 0.05) is 16.2 Å². The van der Waals surface area contributed by atoms with Crippen molar-refractivity contribution in [2.75, 3.05) is 0 Å². The zero-order valence-electron chi connectivity index (χ0n) is 13.4. The van der Waals surface area contributed by atoms with Gasteiger partial charge in [0.25, 0.3) is 11.8 Å². The molecule has 0 fully saturated rings. The van der Waals surface area contributed by atoms with Gasteiger partial charge in [-0.05, 0) is 24.6 Å². The van der Waals surface area contributed by atoms with E-state index in [2.05, 4.69) is 10.9 Å². The summed E-state index contributed by atoms with van der Waals surface area (Å²) in [6.45, 7) is 1.99.